The number of likely N-dealkylation sites (N-methyl/N-ethyl adjacent to an activating group) is 1. The van der Waals surface area contributed by atoms with Crippen LogP contribution in [0, 0.1) is 0 Å². The number of nitrogens with zero attached hydrogens (tertiary/aromatic N) is 1. The molecule has 14 heavy (non-hydrogen) atoms. The smallest absolute Gasteiger partial charge is 0.0394 e. The number of rotatable bonds is 5. The molecule has 0 aliphatic heterocycles. The van der Waals surface area contributed by atoms with Crippen LogP contribution in [0.3, 0.4) is 0 Å². The van der Waals surface area contributed by atoms with Gasteiger partial charge >= 0.3 is 0 Å². The largest absolute Gasteiger partial charge is 0.368 e. The number of hydrogen-bond acceptors (Lipinski definition) is 2. The number of anilines is 1. The maximum absolute atomic E-state index is 4.22. The van der Waals surface area contributed by atoms with Gasteiger partial charge < -0.3 is 4.90 Å². The van der Waals surface area contributed by atoms with Crippen LogP contribution in [-0.4, -0.2) is 18.8 Å². The van der Waals surface area contributed by atoms with E-state index in [-0.39, 0.29) is 0 Å². The zero-order valence-corrected chi connectivity index (χ0v) is 9.50. The Balaban J connectivity index is 2.68. The summed E-state index contributed by atoms with van der Waals surface area (Å²) in [7, 11) is 0. The Morgan fingerprint density at radius 2 is 2.00 bits per heavy atom. The van der Waals surface area contributed by atoms with Gasteiger partial charge in [-0.05, 0) is 24.6 Å². The van der Waals surface area contributed by atoms with Gasteiger partial charge in [-0.15, -0.1) is 0 Å². The van der Waals surface area contributed by atoms with Crippen molar-refractivity contribution in [2.75, 3.05) is 23.7 Å². The van der Waals surface area contributed by atoms with Gasteiger partial charge in [0.2, 0.25) is 0 Å². The first-order valence-corrected chi connectivity index (χ1v) is 5.48. The predicted octanol–water partition coefficient (Wildman–Crippen LogP) is 3.00. The molecule has 0 saturated carbocycles. The average molecular weight is 207 g/mol. The lowest BCUT2D eigenvalue weighted by Gasteiger charge is -2.23. The predicted molar refractivity (Wildman–Crippen MR) is 67.3 cm³/mol. The lowest BCUT2D eigenvalue weighted by atomic mass is 10.2. The molecule has 0 saturated heterocycles. The molecule has 0 radical (unpaired) electrons. The summed E-state index contributed by atoms with van der Waals surface area (Å²) >= 11 is 4.22. The Morgan fingerprint density at radius 3 is 2.50 bits per heavy atom. The molecule has 1 nitrogen and oxygen atoms in total. The SMILES string of the molecule is C=C(CS)CN(CC)c1ccccc1. The van der Waals surface area contributed by atoms with Crippen molar-refractivity contribution in [1.82, 2.24) is 0 Å². The quantitative estimate of drug-likeness (QED) is 0.574. The number of hydrogen-bond donors (Lipinski definition) is 1. The van der Waals surface area contributed by atoms with Gasteiger partial charge in [0.15, 0.2) is 0 Å². The molecular formula is C12H17NS. The van der Waals surface area contributed by atoms with E-state index < -0.39 is 0 Å². The van der Waals surface area contributed by atoms with Gasteiger partial charge in [-0.2, -0.15) is 12.6 Å². The minimum absolute atomic E-state index is 0.753. The topological polar surface area (TPSA) is 3.24 Å². The first kappa shape index (κ1) is 11.2. The Kier molecular flexibility index (Phi) is 4.60. The van der Waals surface area contributed by atoms with Crippen molar-refractivity contribution in [3.8, 4) is 0 Å². The second-order valence-electron chi connectivity index (χ2n) is 3.26. The summed E-state index contributed by atoms with van der Waals surface area (Å²) < 4.78 is 0. The highest BCUT2D eigenvalue weighted by Gasteiger charge is 2.03. The molecule has 0 atom stereocenters. The molecular weight excluding hydrogens is 190 g/mol. The van der Waals surface area contributed by atoms with Gasteiger partial charge in [-0.1, -0.05) is 24.8 Å². The Morgan fingerprint density at radius 1 is 1.36 bits per heavy atom. The molecule has 0 N–H and O–H groups in total. The normalized spacial score (nSPS) is 9.86. The maximum Gasteiger partial charge on any atom is 0.0394 e. The highest BCUT2D eigenvalue weighted by molar-refractivity contribution is 7.80. The summed E-state index contributed by atoms with van der Waals surface area (Å²) in [5, 5.41) is 0. The summed E-state index contributed by atoms with van der Waals surface area (Å²) in [6, 6.07) is 10.4. The summed E-state index contributed by atoms with van der Waals surface area (Å²) in [5.41, 5.74) is 2.40. The van der Waals surface area contributed by atoms with E-state index >= 15 is 0 Å². The third kappa shape index (κ3) is 3.11. The van der Waals surface area contributed by atoms with E-state index in [1.54, 1.807) is 0 Å². The fourth-order valence-corrected chi connectivity index (χ4v) is 1.44. The third-order valence-corrected chi connectivity index (χ3v) is 2.59. The standard InChI is InChI=1S/C12H17NS/c1-3-13(9-11(2)10-14)12-7-5-4-6-8-12/h4-8,14H,2-3,9-10H2,1H3. The zero-order chi connectivity index (χ0) is 10.4. The zero-order valence-electron chi connectivity index (χ0n) is 8.61. The van der Waals surface area contributed by atoms with Crippen LogP contribution < -0.4 is 4.90 Å². The molecule has 0 heterocycles. The van der Waals surface area contributed by atoms with Gasteiger partial charge in [0.25, 0.3) is 0 Å². The van der Waals surface area contributed by atoms with Gasteiger partial charge in [0.1, 0.15) is 0 Å². The Hall–Kier alpha value is -0.890. The summed E-state index contributed by atoms with van der Waals surface area (Å²) in [4.78, 5) is 2.29. The molecule has 1 aromatic rings. The van der Waals surface area contributed by atoms with E-state index in [1.807, 2.05) is 6.07 Å². The molecule has 1 aromatic carbocycles. The average Bonchev–Trinajstić information content (AvgIpc) is 2.26. The minimum Gasteiger partial charge on any atom is -0.368 e. The van der Waals surface area contributed by atoms with Gasteiger partial charge in [-0.3, -0.25) is 0 Å². The Labute approximate surface area is 91.8 Å². The maximum atomic E-state index is 4.22. The van der Waals surface area contributed by atoms with Crippen molar-refractivity contribution < 1.29 is 0 Å². The second kappa shape index (κ2) is 5.76. The van der Waals surface area contributed by atoms with E-state index in [1.165, 1.54) is 5.69 Å². The van der Waals surface area contributed by atoms with Crippen LogP contribution in [0.2, 0.25) is 0 Å². The van der Waals surface area contributed by atoms with E-state index in [0.29, 0.717) is 0 Å². The van der Waals surface area contributed by atoms with Gasteiger partial charge in [0.05, 0.1) is 0 Å². The van der Waals surface area contributed by atoms with Crippen molar-refractivity contribution in [2.45, 2.75) is 6.92 Å². The molecule has 0 fully saturated rings. The van der Waals surface area contributed by atoms with Gasteiger partial charge in [-0.25, -0.2) is 0 Å². The van der Waals surface area contributed by atoms with Crippen LogP contribution in [0.25, 0.3) is 0 Å². The molecule has 0 bridgehead atoms. The monoisotopic (exact) mass is 207 g/mol. The van der Waals surface area contributed by atoms with E-state index in [9.17, 15) is 0 Å². The van der Waals surface area contributed by atoms with Crippen molar-refractivity contribution in [1.29, 1.82) is 0 Å². The van der Waals surface area contributed by atoms with Crippen molar-refractivity contribution >= 4 is 18.3 Å². The molecule has 2 heteroatoms. The Bertz CT molecular complexity index is 282. The van der Waals surface area contributed by atoms with Gasteiger partial charge in [0, 0.05) is 24.5 Å². The highest BCUT2D eigenvalue weighted by atomic mass is 32.1. The van der Waals surface area contributed by atoms with Crippen LogP contribution >= 0.6 is 12.6 Å². The van der Waals surface area contributed by atoms with Crippen LogP contribution in [0.1, 0.15) is 6.92 Å². The molecule has 0 aliphatic carbocycles. The second-order valence-corrected chi connectivity index (χ2v) is 3.57. The fraction of sp³-hybridized carbons (Fsp3) is 0.333. The lowest BCUT2D eigenvalue weighted by Crippen LogP contribution is -2.25. The van der Waals surface area contributed by atoms with E-state index in [4.69, 9.17) is 0 Å². The van der Waals surface area contributed by atoms with Crippen LogP contribution in [0.4, 0.5) is 5.69 Å². The molecule has 0 aromatic heterocycles. The number of para-hydroxylation sites is 1. The van der Waals surface area contributed by atoms with E-state index in [0.717, 1.165) is 24.4 Å². The third-order valence-electron chi connectivity index (χ3n) is 2.14. The summed E-state index contributed by atoms with van der Waals surface area (Å²) in [6.45, 7) is 8.01. The summed E-state index contributed by atoms with van der Waals surface area (Å²) in [5.74, 6) is 0.753. The van der Waals surface area contributed by atoms with Crippen molar-refractivity contribution in [2.24, 2.45) is 0 Å². The summed E-state index contributed by atoms with van der Waals surface area (Å²) in [6.07, 6.45) is 0. The highest BCUT2D eigenvalue weighted by Crippen LogP contribution is 2.14. The van der Waals surface area contributed by atoms with Crippen LogP contribution in [-0.2, 0) is 0 Å². The number of benzene rings is 1. The van der Waals surface area contributed by atoms with Crippen molar-refractivity contribution in [3.63, 3.8) is 0 Å². The molecule has 0 amide bonds. The number of thiol groups is 1. The lowest BCUT2D eigenvalue weighted by molar-refractivity contribution is 0.883. The molecule has 0 unspecified atom stereocenters. The molecule has 76 valence electrons. The molecule has 0 aliphatic rings. The van der Waals surface area contributed by atoms with E-state index in [2.05, 4.69) is 55.3 Å². The fourth-order valence-electron chi connectivity index (χ4n) is 1.34. The van der Waals surface area contributed by atoms with Crippen LogP contribution in [0.5, 0.6) is 0 Å². The molecule has 0 spiro atoms. The van der Waals surface area contributed by atoms with Crippen molar-refractivity contribution in [3.05, 3.63) is 42.5 Å². The minimum atomic E-state index is 0.753. The molecule has 1 rings (SSSR count). The first-order chi connectivity index (χ1) is 6.77. The first-order valence-electron chi connectivity index (χ1n) is 4.85. The van der Waals surface area contributed by atoms with Crippen LogP contribution in [0.15, 0.2) is 42.5 Å².